The fourth-order valence-electron chi connectivity index (χ4n) is 1.95. The summed E-state index contributed by atoms with van der Waals surface area (Å²) in [6.45, 7) is 4.29. The predicted molar refractivity (Wildman–Crippen MR) is 81.8 cm³/mol. The largest absolute Gasteiger partial charge is 0.216 e. The summed E-state index contributed by atoms with van der Waals surface area (Å²) < 4.78 is 26.8. The minimum Gasteiger partial charge on any atom is -0.212 e. The van der Waals surface area contributed by atoms with Crippen LogP contribution in [0.3, 0.4) is 0 Å². The molecule has 0 amide bonds. The lowest BCUT2D eigenvalue weighted by atomic mass is 10.1. The van der Waals surface area contributed by atoms with Crippen molar-refractivity contribution in [1.29, 1.82) is 0 Å². The van der Waals surface area contributed by atoms with Gasteiger partial charge in [0.15, 0.2) is 0 Å². The number of hydrogen-bond donors (Lipinski definition) is 1. The van der Waals surface area contributed by atoms with E-state index in [0.29, 0.717) is 6.54 Å². The minimum absolute atomic E-state index is 0.0131. The topological polar surface area (TPSA) is 46.2 Å². The SMILES string of the molecule is Cc1ccc(CS(=O)(=O)NCc2ccccc2C)cc1. The van der Waals surface area contributed by atoms with Gasteiger partial charge in [-0.2, -0.15) is 0 Å². The van der Waals surface area contributed by atoms with Gasteiger partial charge in [0, 0.05) is 6.54 Å². The van der Waals surface area contributed by atoms with Gasteiger partial charge >= 0.3 is 0 Å². The Morgan fingerprint density at radius 2 is 1.60 bits per heavy atom. The van der Waals surface area contributed by atoms with Gasteiger partial charge in [0.1, 0.15) is 0 Å². The molecule has 0 radical (unpaired) electrons. The van der Waals surface area contributed by atoms with Crippen molar-refractivity contribution in [1.82, 2.24) is 4.72 Å². The molecule has 0 aliphatic heterocycles. The van der Waals surface area contributed by atoms with Gasteiger partial charge in [0.05, 0.1) is 5.75 Å². The average Bonchev–Trinajstić information content (AvgIpc) is 2.40. The second-order valence-electron chi connectivity index (χ2n) is 4.99. The maximum Gasteiger partial charge on any atom is 0.216 e. The Morgan fingerprint density at radius 3 is 2.25 bits per heavy atom. The van der Waals surface area contributed by atoms with Crippen molar-refractivity contribution in [2.75, 3.05) is 0 Å². The molecule has 0 aliphatic rings. The first-order valence-corrected chi connectivity index (χ1v) is 8.19. The molecule has 3 nitrogen and oxygen atoms in total. The van der Waals surface area contributed by atoms with Gasteiger partial charge in [0.2, 0.25) is 10.0 Å². The zero-order valence-electron chi connectivity index (χ0n) is 11.8. The Bertz CT molecular complexity index is 676. The third-order valence-corrected chi connectivity index (χ3v) is 4.52. The van der Waals surface area contributed by atoms with Crippen LogP contribution in [0.2, 0.25) is 0 Å². The van der Waals surface area contributed by atoms with Crippen LogP contribution >= 0.6 is 0 Å². The lowest BCUT2D eigenvalue weighted by molar-refractivity contribution is 0.580. The van der Waals surface area contributed by atoms with Crippen LogP contribution in [0.25, 0.3) is 0 Å². The summed E-state index contributed by atoms with van der Waals surface area (Å²) in [7, 11) is -3.31. The van der Waals surface area contributed by atoms with Gasteiger partial charge in [-0.25, -0.2) is 13.1 Å². The fraction of sp³-hybridized carbons (Fsp3) is 0.250. The molecule has 2 rings (SSSR count). The van der Waals surface area contributed by atoms with Crippen LogP contribution in [0.1, 0.15) is 22.3 Å². The quantitative estimate of drug-likeness (QED) is 0.920. The maximum atomic E-state index is 12.1. The summed E-state index contributed by atoms with van der Waals surface area (Å²) in [5.74, 6) is 0.0131. The van der Waals surface area contributed by atoms with Gasteiger partial charge in [-0.1, -0.05) is 54.1 Å². The van der Waals surface area contributed by atoms with Gasteiger partial charge in [-0.15, -0.1) is 0 Å². The molecule has 0 aliphatic carbocycles. The molecule has 0 unspecified atom stereocenters. The van der Waals surface area contributed by atoms with E-state index >= 15 is 0 Å². The summed E-state index contributed by atoms with van der Waals surface area (Å²) in [6, 6.07) is 15.3. The number of benzene rings is 2. The van der Waals surface area contributed by atoms with Crippen molar-refractivity contribution < 1.29 is 8.42 Å². The number of rotatable bonds is 5. The highest BCUT2D eigenvalue weighted by Gasteiger charge is 2.11. The summed E-state index contributed by atoms with van der Waals surface area (Å²) in [6.07, 6.45) is 0. The molecule has 0 fully saturated rings. The fourth-order valence-corrected chi connectivity index (χ4v) is 3.06. The smallest absolute Gasteiger partial charge is 0.212 e. The first-order valence-electron chi connectivity index (χ1n) is 6.54. The van der Waals surface area contributed by atoms with E-state index in [4.69, 9.17) is 0 Å². The lowest BCUT2D eigenvalue weighted by Crippen LogP contribution is -2.25. The highest BCUT2D eigenvalue weighted by molar-refractivity contribution is 7.88. The van der Waals surface area contributed by atoms with E-state index in [1.165, 1.54) is 0 Å². The number of nitrogens with one attached hydrogen (secondary N) is 1. The summed E-state index contributed by atoms with van der Waals surface area (Å²) >= 11 is 0. The van der Waals surface area contributed by atoms with Crippen molar-refractivity contribution in [2.24, 2.45) is 0 Å². The third kappa shape index (κ3) is 4.18. The highest BCUT2D eigenvalue weighted by Crippen LogP contribution is 2.10. The molecular weight excluding hydrogens is 270 g/mol. The van der Waals surface area contributed by atoms with Crippen LogP contribution in [-0.2, 0) is 22.3 Å². The van der Waals surface area contributed by atoms with Crippen molar-refractivity contribution in [3.05, 3.63) is 70.8 Å². The van der Waals surface area contributed by atoms with Gasteiger partial charge < -0.3 is 0 Å². The Labute approximate surface area is 120 Å². The lowest BCUT2D eigenvalue weighted by Gasteiger charge is -2.09. The molecule has 0 atom stereocenters. The van der Waals surface area contributed by atoms with Gasteiger partial charge in [-0.05, 0) is 30.5 Å². The van der Waals surface area contributed by atoms with Crippen molar-refractivity contribution in [2.45, 2.75) is 26.1 Å². The zero-order chi connectivity index (χ0) is 14.6. The average molecular weight is 289 g/mol. The van der Waals surface area contributed by atoms with Gasteiger partial charge in [0.25, 0.3) is 0 Å². The summed E-state index contributed by atoms with van der Waals surface area (Å²) in [5.41, 5.74) is 4.01. The molecule has 2 aromatic carbocycles. The molecule has 0 spiro atoms. The van der Waals surface area contributed by atoms with E-state index in [0.717, 1.165) is 22.3 Å². The molecular formula is C16H19NO2S. The molecule has 0 saturated heterocycles. The first-order chi connectivity index (χ1) is 9.46. The Balaban J connectivity index is 2.01. The highest BCUT2D eigenvalue weighted by atomic mass is 32.2. The molecule has 0 heterocycles. The molecule has 0 aromatic heterocycles. The molecule has 2 aromatic rings. The van der Waals surface area contributed by atoms with Crippen LogP contribution in [0, 0.1) is 13.8 Å². The summed E-state index contributed by atoms with van der Waals surface area (Å²) in [5, 5.41) is 0. The number of sulfonamides is 1. The van der Waals surface area contributed by atoms with Crippen LogP contribution in [0.4, 0.5) is 0 Å². The van der Waals surface area contributed by atoms with Crippen molar-refractivity contribution in [3.63, 3.8) is 0 Å². The maximum absolute atomic E-state index is 12.1. The van der Waals surface area contributed by atoms with E-state index < -0.39 is 10.0 Å². The minimum atomic E-state index is -3.31. The molecule has 0 saturated carbocycles. The van der Waals surface area contributed by atoms with Crippen molar-refractivity contribution >= 4 is 10.0 Å². The number of aryl methyl sites for hydroxylation is 2. The standard InChI is InChI=1S/C16H19NO2S/c1-13-7-9-15(10-8-13)12-20(18,19)17-11-16-6-4-3-5-14(16)2/h3-10,17H,11-12H2,1-2H3. The van der Waals surface area contributed by atoms with Gasteiger partial charge in [-0.3, -0.25) is 0 Å². The predicted octanol–water partition coefficient (Wildman–Crippen LogP) is 2.92. The monoisotopic (exact) mass is 289 g/mol. The molecule has 106 valence electrons. The Kier molecular flexibility index (Phi) is 4.57. The first kappa shape index (κ1) is 14.8. The normalized spacial score (nSPS) is 11.5. The van der Waals surface area contributed by atoms with Crippen molar-refractivity contribution in [3.8, 4) is 0 Å². The molecule has 20 heavy (non-hydrogen) atoms. The third-order valence-electron chi connectivity index (χ3n) is 3.22. The van der Waals surface area contributed by atoms with Crippen LogP contribution < -0.4 is 4.72 Å². The second-order valence-corrected chi connectivity index (χ2v) is 6.80. The Hall–Kier alpha value is -1.65. The molecule has 1 N–H and O–H groups in total. The van der Waals surface area contributed by atoms with E-state index in [9.17, 15) is 8.42 Å². The number of hydrogen-bond acceptors (Lipinski definition) is 2. The van der Waals surface area contributed by atoms with Crippen LogP contribution in [-0.4, -0.2) is 8.42 Å². The molecule has 0 bridgehead atoms. The van der Waals surface area contributed by atoms with E-state index in [2.05, 4.69) is 4.72 Å². The second kappa shape index (κ2) is 6.20. The Morgan fingerprint density at radius 1 is 0.950 bits per heavy atom. The summed E-state index contributed by atoms with van der Waals surface area (Å²) in [4.78, 5) is 0. The van der Waals surface area contributed by atoms with Crippen LogP contribution in [0.5, 0.6) is 0 Å². The van der Waals surface area contributed by atoms with Crippen LogP contribution in [0.15, 0.2) is 48.5 Å². The van der Waals surface area contributed by atoms with E-state index in [1.807, 2.05) is 62.4 Å². The van der Waals surface area contributed by atoms with E-state index in [-0.39, 0.29) is 5.75 Å². The van der Waals surface area contributed by atoms with E-state index in [1.54, 1.807) is 0 Å². The zero-order valence-corrected chi connectivity index (χ0v) is 12.6. The molecule has 4 heteroatoms.